The highest BCUT2D eigenvalue weighted by atomic mass is 16.2. The molecule has 0 aromatic carbocycles. The lowest BCUT2D eigenvalue weighted by Gasteiger charge is -2.19. The molecule has 1 amide bonds. The molecule has 0 unspecified atom stereocenters. The first kappa shape index (κ1) is 15.4. The predicted molar refractivity (Wildman–Crippen MR) is 78.2 cm³/mol. The van der Waals surface area contributed by atoms with Gasteiger partial charge in [-0.2, -0.15) is 0 Å². The maximum atomic E-state index is 12.3. The molecule has 0 fully saturated rings. The molecule has 2 N–H and O–H groups in total. The van der Waals surface area contributed by atoms with Crippen molar-refractivity contribution in [1.29, 1.82) is 0 Å². The molecule has 0 saturated heterocycles. The summed E-state index contributed by atoms with van der Waals surface area (Å²) in [5.41, 5.74) is 7.20. The number of anilines is 1. The number of aryl methyl sites for hydroxylation is 1. The third-order valence-electron chi connectivity index (χ3n) is 2.95. The second-order valence-corrected chi connectivity index (χ2v) is 5.01. The van der Waals surface area contributed by atoms with Crippen molar-refractivity contribution in [2.24, 2.45) is 0 Å². The maximum Gasteiger partial charge on any atom is 0.253 e. The van der Waals surface area contributed by atoms with Gasteiger partial charge < -0.3 is 15.5 Å². The summed E-state index contributed by atoms with van der Waals surface area (Å²) < 4.78 is 0. The van der Waals surface area contributed by atoms with Gasteiger partial charge in [0, 0.05) is 24.8 Å². The van der Waals surface area contributed by atoms with E-state index in [0.717, 1.165) is 31.6 Å². The SMILES string of the molecule is CCc1cc(C(=O)N(C)CCCN(C)C)cc(N)n1. The molecule has 106 valence electrons. The summed E-state index contributed by atoms with van der Waals surface area (Å²) in [4.78, 5) is 20.3. The molecule has 0 aliphatic rings. The van der Waals surface area contributed by atoms with Crippen LogP contribution in [0.25, 0.3) is 0 Å². The molecule has 0 bridgehead atoms. The Balaban J connectivity index is 2.68. The van der Waals surface area contributed by atoms with Crippen molar-refractivity contribution in [3.63, 3.8) is 0 Å². The number of rotatable bonds is 6. The lowest BCUT2D eigenvalue weighted by atomic mass is 10.1. The van der Waals surface area contributed by atoms with Crippen molar-refractivity contribution in [2.45, 2.75) is 19.8 Å². The number of hydrogen-bond acceptors (Lipinski definition) is 4. The number of nitrogens with two attached hydrogens (primary N) is 1. The number of nitrogen functional groups attached to an aromatic ring is 1. The van der Waals surface area contributed by atoms with E-state index in [0.29, 0.717) is 11.4 Å². The van der Waals surface area contributed by atoms with E-state index in [1.807, 2.05) is 34.1 Å². The average Bonchev–Trinajstić information content (AvgIpc) is 2.36. The molecule has 0 aliphatic heterocycles. The standard InChI is InChI=1S/C14H24N4O/c1-5-12-9-11(10-13(15)16-12)14(19)18(4)8-6-7-17(2)3/h9-10H,5-8H2,1-4H3,(H2,15,16). The fourth-order valence-corrected chi connectivity index (χ4v) is 1.86. The zero-order valence-electron chi connectivity index (χ0n) is 12.3. The summed E-state index contributed by atoms with van der Waals surface area (Å²) >= 11 is 0. The first-order chi connectivity index (χ1) is 8.93. The molecule has 1 aromatic rings. The number of amides is 1. The number of nitrogens with zero attached hydrogens (tertiary/aromatic N) is 3. The summed E-state index contributed by atoms with van der Waals surface area (Å²) in [6.45, 7) is 3.70. The van der Waals surface area contributed by atoms with Gasteiger partial charge in [-0.15, -0.1) is 0 Å². The highest BCUT2D eigenvalue weighted by Crippen LogP contribution is 2.11. The Morgan fingerprint density at radius 2 is 1.95 bits per heavy atom. The third-order valence-corrected chi connectivity index (χ3v) is 2.95. The van der Waals surface area contributed by atoms with Gasteiger partial charge in [0.1, 0.15) is 5.82 Å². The van der Waals surface area contributed by atoms with E-state index in [1.54, 1.807) is 11.0 Å². The molecular formula is C14H24N4O. The molecule has 0 atom stereocenters. The van der Waals surface area contributed by atoms with Crippen molar-refractivity contribution < 1.29 is 4.79 Å². The van der Waals surface area contributed by atoms with Crippen LogP contribution in [0.3, 0.4) is 0 Å². The second-order valence-electron chi connectivity index (χ2n) is 5.01. The molecule has 1 rings (SSSR count). The van der Waals surface area contributed by atoms with Crippen LogP contribution in [0.4, 0.5) is 5.82 Å². The van der Waals surface area contributed by atoms with Crippen molar-refractivity contribution in [3.05, 3.63) is 23.4 Å². The van der Waals surface area contributed by atoms with Gasteiger partial charge in [-0.25, -0.2) is 4.98 Å². The van der Waals surface area contributed by atoms with Gasteiger partial charge in [-0.3, -0.25) is 4.79 Å². The molecule has 0 saturated carbocycles. The number of pyridine rings is 1. The minimum absolute atomic E-state index is 0.00237. The van der Waals surface area contributed by atoms with Crippen LogP contribution < -0.4 is 5.73 Å². The van der Waals surface area contributed by atoms with Gasteiger partial charge in [0.25, 0.3) is 5.91 Å². The number of carbonyl (C=O) groups excluding carboxylic acids is 1. The highest BCUT2D eigenvalue weighted by Gasteiger charge is 2.13. The fraction of sp³-hybridized carbons (Fsp3) is 0.571. The Labute approximate surface area is 115 Å². The Morgan fingerprint density at radius 3 is 2.53 bits per heavy atom. The third kappa shape index (κ3) is 4.87. The Kier molecular flexibility index (Phi) is 5.76. The van der Waals surface area contributed by atoms with Crippen LogP contribution in [0.2, 0.25) is 0 Å². The molecule has 0 spiro atoms. The van der Waals surface area contributed by atoms with E-state index >= 15 is 0 Å². The monoisotopic (exact) mass is 264 g/mol. The van der Waals surface area contributed by atoms with Crippen LogP contribution in [-0.2, 0) is 6.42 Å². The maximum absolute atomic E-state index is 12.3. The quantitative estimate of drug-likeness (QED) is 0.840. The minimum Gasteiger partial charge on any atom is -0.384 e. The van der Waals surface area contributed by atoms with E-state index in [-0.39, 0.29) is 5.91 Å². The number of hydrogen-bond donors (Lipinski definition) is 1. The number of aromatic nitrogens is 1. The molecule has 0 radical (unpaired) electrons. The van der Waals surface area contributed by atoms with Crippen molar-refractivity contribution in [1.82, 2.24) is 14.8 Å². The molecule has 1 heterocycles. The van der Waals surface area contributed by atoms with Gasteiger partial charge >= 0.3 is 0 Å². The topological polar surface area (TPSA) is 62.5 Å². The van der Waals surface area contributed by atoms with Gasteiger partial charge in [-0.1, -0.05) is 6.92 Å². The molecular weight excluding hydrogens is 240 g/mol. The van der Waals surface area contributed by atoms with Gasteiger partial charge in [0.15, 0.2) is 0 Å². The summed E-state index contributed by atoms with van der Waals surface area (Å²) in [6.07, 6.45) is 1.73. The lowest BCUT2D eigenvalue weighted by molar-refractivity contribution is 0.0790. The van der Waals surface area contributed by atoms with Crippen LogP contribution in [0.5, 0.6) is 0 Å². The largest absolute Gasteiger partial charge is 0.384 e. The van der Waals surface area contributed by atoms with Crippen molar-refractivity contribution >= 4 is 11.7 Å². The zero-order chi connectivity index (χ0) is 14.4. The van der Waals surface area contributed by atoms with Crippen molar-refractivity contribution in [3.8, 4) is 0 Å². The minimum atomic E-state index is 0.00237. The lowest BCUT2D eigenvalue weighted by Crippen LogP contribution is -2.30. The van der Waals surface area contributed by atoms with Gasteiger partial charge in [0.2, 0.25) is 0 Å². The highest BCUT2D eigenvalue weighted by molar-refractivity contribution is 5.94. The fourth-order valence-electron chi connectivity index (χ4n) is 1.86. The van der Waals surface area contributed by atoms with Gasteiger partial charge in [0.05, 0.1) is 0 Å². The summed E-state index contributed by atoms with van der Waals surface area (Å²) in [7, 11) is 5.87. The summed E-state index contributed by atoms with van der Waals surface area (Å²) in [6, 6.07) is 3.46. The Morgan fingerprint density at radius 1 is 1.26 bits per heavy atom. The summed E-state index contributed by atoms with van der Waals surface area (Å²) in [5.74, 6) is 0.409. The number of carbonyl (C=O) groups is 1. The summed E-state index contributed by atoms with van der Waals surface area (Å²) in [5, 5.41) is 0. The van der Waals surface area contributed by atoms with Crippen LogP contribution >= 0.6 is 0 Å². The second kappa shape index (κ2) is 7.09. The Bertz CT molecular complexity index is 431. The first-order valence-corrected chi connectivity index (χ1v) is 6.60. The van der Waals surface area contributed by atoms with E-state index in [9.17, 15) is 4.79 Å². The van der Waals surface area contributed by atoms with Crippen LogP contribution in [-0.4, -0.2) is 54.9 Å². The van der Waals surface area contributed by atoms with E-state index < -0.39 is 0 Å². The normalized spacial score (nSPS) is 10.8. The molecule has 1 aromatic heterocycles. The predicted octanol–water partition coefficient (Wildman–Crippen LogP) is 1.25. The van der Waals surface area contributed by atoms with E-state index in [2.05, 4.69) is 9.88 Å². The average molecular weight is 264 g/mol. The van der Waals surface area contributed by atoms with Crippen LogP contribution in [0, 0.1) is 0 Å². The molecule has 0 aliphatic carbocycles. The molecule has 5 nitrogen and oxygen atoms in total. The Hall–Kier alpha value is -1.62. The molecule has 5 heteroatoms. The van der Waals surface area contributed by atoms with Gasteiger partial charge in [-0.05, 0) is 45.6 Å². The van der Waals surface area contributed by atoms with Crippen LogP contribution in [0.1, 0.15) is 29.4 Å². The van der Waals surface area contributed by atoms with Crippen molar-refractivity contribution in [2.75, 3.05) is 40.0 Å². The smallest absolute Gasteiger partial charge is 0.253 e. The zero-order valence-corrected chi connectivity index (χ0v) is 12.3. The molecule has 19 heavy (non-hydrogen) atoms. The van der Waals surface area contributed by atoms with E-state index in [1.165, 1.54) is 0 Å². The van der Waals surface area contributed by atoms with E-state index in [4.69, 9.17) is 5.73 Å². The first-order valence-electron chi connectivity index (χ1n) is 6.60. The van der Waals surface area contributed by atoms with Crippen LogP contribution in [0.15, 0.2) is 12.1 Å².